The van der Waals surface area contributed by atoms with Gasteiger partial charge in [-0.15, -0.1) is 0 Å². The molecule has 0 radical (unpaired) electrons. The lowest BCUT2D eigenvalue weighted by molar-refractivity contribution is 0.554. The second-order valence-electron chi connectivity index (χ2n) is 3.96. The summed E-state index contributed by atoms with van der Waals surface area (Å²) in [6.45, 7) is 0. The molecule has 0 aliphatic heterocycles. The van der Waals surface area contributed by atoms with Crippen LogP contribution in [0.4, 0.5) is 8.78 Å². The van der Waals surface area contributed by atoms with E-state index >= 15 is 0 Å². The number of rotatable bonds is 4. The third-order valence-electron chi connectivity index (χ3n) is 2.67. The van der Waals surface area contributed by atoms with Gasteiger partial charge in [0, 0.05) is 12.3 Å². The summed E-state index contributed by atoms with van der Waals surface area (Å²) in [5.41, 5.74) is 1.38. The average Bonchev–Trinajstić information content (AvgIpc) is 2.36. The Morgan fingerprint density at radius 2 is 1.94 bits per heavy atom. The minimum atomic E-state index is -0.567. The van der Waals surface area contributed by atoms with E-state index in [-0.39, 0.29) is 6.04 Å². The smallest absolute Gasteiger partial charge is 0.126 e. The summed E-state index contributed by atoms with van der Waals surface area (Å²) in [6.07, 6.45) is 3.55. The number of benzene rings is 1. The minimum absolute atomic E-state index is 0.103. The molecule has 1 N–H and O–H groups in total. The van der Waals surface area contributed by atoms with E-state index in [1.165, 1.54) is 18.5 Å². The van der Waals surface area contributed by atoms with Crippen LogP contribution in [0.25, 0.3) is 0 Å². The van der Waals surface area contributed by atoms with Gasteiger partial charge in [0.2, 0.25) is 0 Å². The van der Waals surface area contributed by atoms with Crippen molar-refractivity contribution >= 4 is 0 Å². The molecule has 2 aromatic rings. The molecule has 0 saturated heterocycles. The summed E-state index contributed by atoms with van der Waals surface area (Å²) in [7, 11) is 1.78. The fourth-order valence-electron chi connectivity index (χ4n) is 1.83. The Morgan fingerprint density at radius 3 is 2.50 bits per heavy atom. The first kappa shape index (κ1) is 12.6. The van der Waals surface area contributed by atoms with E-state index in [1.54, 1.807) is 19.3 Å². The highest BCUT2D eigenvalue weighted by Crippen LogP contribution is 2.17. The van der Waals surface area contributed by atoms with Gasteiger partial charge in [-0.1, -0.05) is 0 Å². The average molecular weight is 249 g/mol. The molecule has 1 aromatic carbocycles. The van der Waals surface area contributed by atoms with E-state index in [2.05, 4.69) is 15.3 Å². The highest BCUT2D eigenvalue weighted by Gasteiger charge is 2.12. The molecule has 0 aliphatic carbocycles. The van der Waals surface area contributed by atoms with E-state index < -0.39 is 11.6 Å². The number of halogens is 2. The Kier molecular flexibility index (Phi) is 3.94. The van der Waals surface area contributed by atoms with Crippen molar-refractivity contribution in [1.82, 2.24) is 15.3 Å². The van der Waals surface area contributed by atoms with Crippen LogP contribution in [0.1, 0.15) is 17.3 Å². The third-order valence-corrected chi connectivity index (χ3v) is 2.67. The summed E-state index contributed by atoms with van der Waals surface area (Å²) < 4.78 is 26.2. The Morgan fingerprint density at radius 1 is 1.22 bits per heavy atom. The first-order valence-electron chi connectivity index (χ1n) is 5.57. The van der Waals surface area contributed by atoms with Crippen LogP contribution in [-0.4, -0.2) is 17.0 Å². The molecular formula is C13H13F2N3. The number of nitrogens with zero attached hydrogens (tertiary/aromatic N) is 2. The van der Waals surface area contributed by atoms with E-state index in [1.807, 2.05) is 0 Å². The van der Waals surface area contributed by atoms with Gasteiger partial charge in [0.1, 0.15) is 18.0 Å². The fourth-order valence-corrected chi connectivity index (χ4v) is 1.83. The summed E-state index contributed by atoms with van der Waals surface area (Å²) in [4.78, 5) is 7.97. The van der Waals surface area contributed by atoms with Gasteiger partial charge in [0.05, 0.1) is 11.7 Å². The Bertz CT molecular complexity index is 497. The van der Waals surface area contributed by atoms with Gasteiger partial charge in [-0.3, -0.25) is 0 Å². The Hall–Kier alpha value is -1.88. The molecule has 2 rings (SSSR count). The predicted octanol–water partition coefficient (Wildman–Crippen LogP) is 2.26. The monoisotopic (exact) mass is 249 g/mol. The maximum absolute atomic E-state index is 13.1. The van der Waals surface area contributed by atoms with Gasteiger partial charge in [-0.05, 0) is 37.2 Å². The topological polar surface area (TPSA) is 37.8 Å². The number of nitrogens with one attached hydrogen (secondary N) is 1. The highest BCUT2D eigenvalue weighted by atomic mass is 19.1. The van der Waals surface area contributed by atoms with Crippen LogP contribution in [0.2, 0.25) is 0 Å². The molecule has 0 amide bonds. The van der Waals surface area contributed by atoms with Crippen molar-refractivity contribution in [2.75, 3.05) is 7.05 Å². The zero-order valence-corrected chi connectivity index (χ0v) is 9.90. The van der Waals surface area contributed by atoms with Gasteiger partial charge >= 0.3 is 0 Å². The molecule has 1 aromatic heterocycles. The van der Waals surface area contributed by atoms with E-state index in [9.17, 15) is 8.78 Å². The SMILES string of the molecule is CNC(Cc1cc(F)cc(F)c1)c1ccncn1. The van der Waals surface area contributed by atoms with Crippen molar-refractivity contribution in [3.8, 4) is 0 Å². The van der Waals surface area contributed by atoms with Crippen LogP contribution in [0, 0.1) is 11.6 Å². The molecule has 18 heavy (non-hydrogen) atoms. The zero-order valence-electron chi connectivity index (χ0n) is 9.90. The molecule has 94 valence electrons. The van der Waals surface area contributed by atoms with Crippen LogP contribution >= 0.6 is 0 Å². The van der Waals surface area contributed by atoms with Gasteiger partial charge in [-0.25, -0.2) is 18.7 Å². The molecule has 1 unspecified atom stereocenters. The maximum atomic E-state index is 13.1. The van der Waals surface area contributed by atoms with Crippen molar-refractivity contribution in [3.63, 3.8) is 0 Å². The van der Waals surface area contributed by atoms with Gasteiger partial charge in [-0.2, -0.15) is 0 Å². The molecule has 0 aliphatic rings. The number of hydrogen-bond donors (Lipinski definition) is 1. The van der Waals surface area contributed by atoms with Crippen LogP contribution < -0.4 is 5.32 Å². The predicted molar refractivity (Wildman–Crippen MR) is 63.9 cm³/mol. The lowest BCUT2D eigenvalue weighted by atomic mass is 10.0. The maximum Gasteiger partial charge on any atom is 0.126 e. The summed E-state index contributed by atoms with van der Waals surface area (Å²) in [6, 6.07) is 5.19. The van der Waals surface area contributed by atoms with Crippen molar-refractivity contribution in [2.24, 2.45) is 0 Å². The van der Waals surface area contributed by atoms with Crippen molar-refractivity contribution in [2.45, 2.75) is 12.5 Å². The molecule has 0 saturated carbocycles. The fraction of sp³-hybridized carbons (Fsp3) is 0.231. The molecule has 3 nitrogen and oxygen atoms in total. The molecule has 0 fully saturated rings. The standard InChI is InChI=1S/C13H13F2N3/c1-16-13(12-2-3-17-8-18-12)6-9-4-10(14)7-11(15)5-9/h2-5,7-8,13,16H,6H2,1H3. The number of hydrogen-bond acceptors (Lipinski definition) is 3. The molecule has 1 heterocycles. The third kappa shape index (κ3) is 3.07. The van der Waals surface area contributed by atoms with Gasteiger partial charge < -0.3 is 5.32 Å². The number of aromatic nitrogens is 2. The lowest BCUT2D eigenvalue weighted by Gasteiger charge is -2.15. The van der Waals surface area contributed by atoms with Crippen LogP contribution in [0.3, 0.4) is 0 Å². The molecule has 0 bridgehead atoms. The minimum Gasteiger partial charge on any atom is -0.311 e. The lowest BCUT2D eigenvalue weighted by Crippen LogP contribution is -2.20. The Labute approximate surface area is 104 Å². The molecular weight excluding hydrogens is 236 g/mol. The van der Waals surface area contributed by atoms with Crippen LogP contribution in [0.5, 0.6) is 0 Å². The normalized spacial score (nSPS) is 12.4. The quantitative estimate of drug-likeness (QED) is 0.903. The van der Waals surface area contributed by atoms with Crippen LogP contribution in [-0.2, 0) is 6.42 Å². The number of likely N-dealkylation sites (N-methyl/N-ethyl adjacent to an activating group) is 1. The summed E-state index contributed by atoms with van der Waals surface area (Å²) >= 11 is 0. The molecule has 5 heteroatoms. The van der Waals surface area contributed by atoms with Gasteiger partial charge in [0.25, 0.3) is 0 Å². The second kappa shape index (κ2) is 5.64. The largest absolute Gasteiger partial charge is 0.311 e. The first-order chi connectivity index (χ1) is 8.69. The summed E-state index contributed by atoms with van der Waals surface area (Å²) in [5, 5.41) is 3.07. The first-order valence-corrected chi connectivity index (χ1v) is 5.57. The van der Waals surface area contributed by atoms with Crippen molar-refractivity contribution < 1.29 is 8.78 Å². The van der Waals surface area contributed by atoms with Crippen molar-refractivity contribution in [1.29, 1.82) is 0 Å². The van der Waals surface area contributed by atoms with E-state index in [0.717, 1.165) is 11.8 Å². The zero-order chi connectivity index (χ0) is 13.0. The van der Waals surface area contributed by atoms with E-state index in [4.69, 9.17) is 0 Å². The summed E-state index contributed by atoms with van der Waals surface area (Å²) in [5.74, 6) is -1.13. The molecule has 0 spiro atoms. The molecule has 1 atom stereocenters. The second-order valence-corrected chi connectivity index (χ2v) is 3.96. The Balaban J connectivity index is 2.20. The van der Waals surface area contributed by atoms with Crippen LogP contribution in [0.15, 0.2) is 36.8 Å². The highest BCUT2D eigenvalue weighted by molar-refractivity contribution is 5.21. The van der Waals surface area contributed by atoms with Crippen molar-refractivity contribution in [3.05, 3.63) is 59.7 Å². The van der Waals surface area contributed by atoms with Gasteiger partial charge in [0.15, 0.2) is 0 Å². The van der Waals surface area contributed by atoms with E-state index in [0.29, 0.717) is 12.0 Å².